The SMILES string of the molecule is C#CCN1CCN(c2ccc(NC(=O)CSc3nnc(-c4ccccc4OC)o3)cc2)CC1. The number of hydrogen-bond acceptors (Lipinski definition) is 8. The van der Waals surface area contributed by atoms with E-state index in [4.69, 9.17) is 15.6 Å². The maximum Gasteiger partial charge on any atom is 0.277 e. The smallest absolute Gasteiger partial charge is 0.277 e. The molecule has 0 unspecified atom stereocenters. The van der Waals surface area contributed by atoms with E-state index in [0.717, 1.165) is 37.6 Å². The number of anilines is 2. The molecular formula is C24H25N5O3S. The van der Waals surface area contributed by atoms with Gasteiger partial charge in [0.2, 0.25) is 5.91 Å². The zero-order valence-corrected chi connectivity index (χ0v) is 19.2. The summed E-state index contributed by atoms with van der Waals surface area (Å²) in [7, 11) is 1.59. The number of amides is 1. The van der Waals surface area contributed by atoms with E-state index < -0.39 is 0 Å². The third-order valence-electron chi connectivity index (χ3n) is 5.27. The number of nitrogens with one attached hydrogen (secondary N) is 1. The molecule has 1 aromatic heterocycles. The van der Waals surface area contributed by atoms with E-state index in [-0.39, 0.29) is 11.7 Å². The first-order valence-electron chi connectivity index (χ1n) is 10.6. The van der Waals surface area contributed by atoms with Gasteiger partial charge in [0, 0.05) is 37.6 Å². The first-order valence-corrected chi connectivity index (χ1v) is 11.5. The normalized spacial score (nSPS) is 14.0. The summed E-state index contributed by atoms with van der Waals surface area (Å²) < 4.78 is 11.0. The highest BCUT2D eigenvalue weighted by Gasteiger charge is 2.17. The molecule has 2 aromatic carbocycles. The molecule has 0 radical (unpaired) electrons. The first kappa shape index (κ1) is 22.7. The van der Waals surface area contributed by atoms with Crippen LogP contribution in [0, 0.1) is 12.3 Å². The standard InChI is InChI=1S/C24H25N5O3S/c1-3-12-28-13-15-29(16-14-28)19-10-8-18(9-11-19)25-22(30)17-33-24-27-26-23(32-24)20-6-4-5-7-21(20)31-2/h1,4-11H,12-17H2,2H3,(H,25,30). The zero-order valence-electron chi connectivity index (χ0n) is 18.4. The van der Waals surface area contributed by atoms with Gasteiger partial charge in [0.15, 0.2) is 0 Å². The van der Waals surface area contributed by atoms with Gasteiger partial charge in [0.25, 0.3) is 11.1 Å². The summed E-state index contributed by atoms with van der Waals surface area (Å²) in [5.41, 5.74) is 2.59. The molecule has 0 atom stereocenters. The second-order valence-electron chi connectivity index (χ2n) is 7.42. The number of hydrogen-bond donors (Lipinski definition) is 1. The quantitative estimate of drug-likeness (QED) is 0.403. The minimum Gasteiger partial charge on any atom is -0.496 e. The van der Waals surface area contributed by atoms with Crippen molar-refractivity contribution in [3.05, 3.63) is 48.5 Å². The molecule has 1 amide bonds. The minimum absolute atomic E-state index is 0.146. The fourth-order valence-electron chi connectivity index (χ4n) is 3.57. The highest BCUT2D eigenvalue weighted by atomic mass is 32.2. The lowest BCUT2D eigenvalue weighted by Gasteiger charge is -2.35. The molecule has 0 bridgehead atoms. The first-order chi connectivity index (χ1) is 16.2. The van der Waals surface area contributed by atoms with E-state index in [1.54, 1.807) is 7.11 Å². The molecule has 8 nitrogen and oxygen atoms in total. The van der Waals surface area contributed by atoms with Crippen LogP contribution < -0.4 is 15.0 Å². The molecule has 0 saturated carbocycles. The van der Waals surface area contributed by atoms with Crippen molar-refractivity contribution in [1.82, 2.24) is 15.1 Å². The van der Waals surface area contributed by atoms with Gasteiger partial charge in [-0.1, -0.05) is 29.8 Å². The number of terminal acetylenes is 1. The molecule has 3 aromatic rings. The number of carbonyl (C=O) groups excluding carboxylic acids is 1. The van der Waals surface area contributed by atoms with Crippen molar-refractivity contribution in [2.45, 2.75) is 5.22 Å². The Morgan fingerprint density at radius 2 is 1.91 bits per heavy atom. The summed E-state index contributed by atoms with van der Waals surface area (Å²) in [5.74, 6) is 3.71. The summed E-state index contributed by atoms with van der Waals surface area (Å²) in [6.45, 7) is 4.47. The molecule has 1 fully saturated rings. The van der Waals surface area contributed by atoms with Gasteiger partial charge in [-0.05, 0) is 36.4 Å². The Kier molecular flexibility index (Phi) is 7.50. The number of piperazine rings is 1. The molecule has 1 N–H and O–H groups in total. The number of thioether (sulfide) groups is 1. The lowest BCUT2D eigenvalue weighted by molar-refractivity contribution is -0.113. The van der Waals surface area contributed by atoms with Crippen LogP contribution in [0.25, 0.3) is 11.5 Å². The molecule has 0 spiro atoms. The highest BCUT2D eigenvalue weighted by molar-refractivity contribution is 7.99. The van der Waals surface area contributed by atoms with Gasteiger partial charge in [0.1, 0.15) is 5.75 Å². The molecule has 33 heavy (non-hydrogen) atoms. The Bertz CT molecular complexity index is 1120. The van der Waals surface area contributed by atoms with E-state index in [0.29, 0.717) is 29.0 Å². The molecular weight excluding hydrogens is 438 g/mol. The van der Waals surface area contributed by atoms with Gasteiger partial charge in [0.05, 0.1) is 25.0 Å². The number of nitrogens with zero attached hydrogens (tertiary/aromatic N) is 4. The summed E-state index contributed by atoms with van der Waals surface area (Å²) in [6.07, 6.45) is 5.39. The van der Waals surface area contributed by atoms with E-state index in [2.05, 4.69) is 31.2 Å². The van der Waals surface area contributed by atoms with Gasteiger partial charge < -0.3 is 19.4 Å². The number of methoxy groups -OCH3 is 1. The van der Waals surface area contributed by atoms with Gasteiger partial charge in [-0.3, -0.25) is 9.69 Å². The van der Waals surface area contributed by atoms with Crippen LogP contribution in [0.15, 0.2) is 58.2 Å². The van der Waals surface area contributed by atoms with E-state index >= 15 is 0 Å². The van der Waals surface area contributed by atoms with Crippen LogP contribution in [0.4, 0.5) is 11.4 Å². The van der Waals surface area contributed by atoms with Gasteiger partial charge in [-0.25, -0.2) is 0 Å². The molecule has 1 aliphatic heterocycles. The molecule has 2 heterocycles. The van der Waals surface area contributed by atoms with Crippen molar-refractivity contribution in [2.24, 2.45) is 0 Å². The summed E-state index contributed by atoms with van der Waals surface area (Å²) in [6, 6.07) is 15.3. The third-order valence-corrected chi connectivity index (χ3v) is 6.09. The monoisotopic (exact) mass is 463 g/mol. The Morgan fingerprint density at radius 1 is 1.15 bits per heavy atom. The average Bonchev–Trinajstić information content (AvgIpc) is 3.33. The highest BCUT2D eigenvalue weighted by Crippen LogP contribution is 2.30. The molecule has 9 heteroatoms. The Balaban J connectivity index is 1.27. The lowest BCUT2D eigenvalue weighted by atomic mass is 10.2. The van der Waals surface area contributed by atoms with E-state index in [1.807, 2.05) is 48.5 Å². The van der Waals surface area contributed by atoms with Crippen LogP contribution in [0.1, 0.15) is 0 Å². The Morgan fingerprint density at radius 3 is 2.64 bits per heavy atom. The number of aromatic nitrogens is 2. The van der Waals surface area contributed by atoms with Crippen LogP contribution >= 0.6 is 11.8 Å². The fourth-order valence-corrected chi connectivity index (χ4v) is 4.13. The maximum atomic E-state index is 12.4. The fraction of sp³-hybridized carbons (Fsp3) is 0.292. The number of benzene rings is 2. The lowest BCUT2D eigenvalue weighted by Crippen LogP contribution is -2.46. The molecule has 1 aliphatic rings. The second-order valence-corrected chi connectivity index (χ2v) is 8.35. The predicted octanol–water partition coefficient (Wildman–Crippen LogP) is 3.23. The number of carbonyl (C=O) groups is 1. The van der Waals surface area contributed by atoms with Crippen molar-refractivity contribution in [2.75, 3.05) is 55.8 Å². The van der Waals surface area contributed by atoms with Crippen molar-refractivity contribution in [1.29, 1.82) is 0 Å². The van der Waals surface area contributed by atoms with E-state index in [9.17, 15) is 4.79 Å². The van der Waals surface area contributed by atoms with Crippen molar-refractivity contribution in [3.63, 3.8) is 0 Å². The average molecular weight is 464 g/mol. The van der Waals surface area contributed by atoms with Crippen LogP contribution in [-0.4, -0.2) is 66.6 Å². The van der Waals surface area contributed by atoms with Crippen LogP contribution in [0.3, 0.4) is 0 Å². The summed E-state index contributed by atoms with van der Waals surface area (Å²) in [5, 5.41) is 11.3. The minimum atomic E-state index is -0.146. The maximum absolute atomic E-state index is 12.4. The van der Waals surface area contributed by atoms with Crippen molar-refractivity contribution in [3.8, 4) is 29.5 Å². The summed E-state index contributed by atoms with van der Waals surface area (Å²) >= 11 is 1.19. The Labute approximate surface area is 197 Å². The zero-order chi connectivity index (χ0) is 23.0. The van der Waals surface area contributed by atoms with Crippen LogP contribution in [0.5, 0.6) is 5.75 Å². The molecule has 0 aliphatic carbocycles. The number of ether oxygens (including phenoxy) is 1. The summed E-state index contributed by atoms with van der Waals surface area (Å²) in [4.78, 5) is 17.0. The Hall–Kier alpha value is -3.48. The van der Waals surface area contributed by atoms with Crippen LogP contribution in [0.2, 0.25) is 0 Å². The van der Waals surface area contributed by atoms with Crippen LogP contribution in [-0.2, 0) is 4.79 Å². The molecule has 1 saturated heterocycles. The van der Waals surface area contributed by atoms with Crippen molar-refractivity contribution >= 4 is 29.0 Å². The third kappa shape index (κ3) is 5.86. The van der Waals surface area contributed by atoms with E-state index in [1.165, 1.54) is 11.8 Å². The van der Waals surface area contributed by atoms with Gasteiger partial charge in [-0.2, -0.15) is 0 Å². The molecule has 170 valence electrons. The number of para-hydroxylation sites is 1. The predicted molar refractivity (Wildman–Crippen MR) is 130 cm³/mol. The second kappa shape index (κ2) is 10.9. The van der Waals surface area contributed by atoms with Gasteiger partial charge >= 0.3 is 0 Å². The molecule has 4 rings (SSSR count). The number of rotatable bonds is 8. The topological polar surface area (TPSA) is 83.7 Å². The largest absolute Gasteiger partial charge is 0.496 e. The van der Waals surface area contributed by atoms with Crippen molar-refractivity contribution < 1.29 is 13.9 Å². The van der Waals surface area contributed by atoms with Gasteiger partial charge in [-0.15, -0.1) is 16.6 Å².